The molecule has 4 aromatic rings. The van der Waals surface area contributed by atoms with Crippen molar-refractivity contribution in [2.75, 3.05) is 14.2 Å². The van der Waals surface area contributed by atoms with E-state index in [2.05, 4.69) is 52.9 Å². The van der Waals surface area contributed by atoms with Crippen LogP contribution in [0.5, 0.6) is 10.4 Å². The van der Waals surface area contributed by atoms with E-state index in [4.69, 9.17) is 20.3 Å². The molecule has 0 saturated heterocycles. The number of nitrogens with one attached hydrogen (secondary N) is 3. The van der Waals surface area contributed by atoms with Crippen LogP contribution in [0.1, 0.15) is 88.2 Å². The van der Waals surface area contributed by atoms with Crippen LogP contribution in [0.25, 0.3) is 20.7 Å². The Labute approximate surface area is 293 Å². The van der Waals surface area contributed by atoms with E-state index >= 15 is 0 Å². The van der Waals surface area contributed by atoms with E-state index in [-0.39, 0.29) is 35.0 Å². The highest BCUT2D eigenvalue weighted by atomic mass is 32.1. The Bertz CT molecular complexity index is 1810. The molecule has 13 nitrogen and oxygen atoms in total. The lowest BCUT2D eigenvalue weighted by Crippen LogP contribution is -2.70. The number of methoxy groups -OCH3 is 2. The van der Waals surface area contributed by atoms with E-state index in [1.807, 2.05) is 13.8 Å². The number of amides is 1. The Morgan fingerprint density at radius 3 is 1.69 bits per heavy atom. The van der Waals surface area contributed by atoms with Crippen molar-refractivity contribution in [3.63, 3.8) is 0 Å². The molecule has 10 rings (SSSR count). The molecule has 8 atom stereocenters. The van der Waals surface area contributed by atoms with Gasteiger partial charge in [-0.15, -0.1) is 0 Å². The maximum Gasteiger partial charge on any atom is 0.352 e. The highest BCUT2D eigenvalue weighted by Gasteiger charge is 2.63. The summed E-state index contributed by atoms with van der Waals surface area (Å²) < 4.78 is 11.7. The fourth-order valence-corrected chi connectivity index (χ4v) is 10.4. The van der Waals surface area contributed by atoms with Gasteiger partial charge in [0.1, 0.15) is 11.4 Å². The minimum atomic E-state index is -0.982. The van der Waals surface area contributed by atoms with E-state index in [1.165, 1.54) is 42.3 Å². The van der Waals surface area contributed by atoms with Crippen LogP contribution in [0.3, 0.4) is 0 Å². The molecule has 15 heteroatoms. The number of rotatable bonds is 5. The molecule has 8 N–H and O–H groups in total. The monoisotopic (exact) mass is 716 g/mol. The fraction of sp³-hybridized carbons (Fsp3) is 0.647. The molecule has 0 radical (unpaired) electrons. The van der Waals surface area contributed by atoms with Crippen molar-refractivity contribution in [2.24, 2.45) is 40.2 Å². The molecular formula is C34H48N6O7S2. The first kappa shape index (κ1) is 35.6. The second kappa shape index (κ2) is 12.2. The summed E-state index contributed by atoms with van der Waals surface area (Å²) in [5.41, 5.74) is 6.71. The lowest BCUT2D eigenvalue weighted by Gasteiger charge is -2.65. The lowest BCUT2D eigenvalue weighted by atomic mass is 9.43. The zero-order chi connectivity index (χ0) is 35.8. The zero-order valence-corrected chi connectivity index (χ0v) is 30.8. The van der Waals surface area contributed by atoms with Crippen LogP contribution in [0.2, 0.25) is 0 Å². The van der Waals surface area contributed by atoms with Crippen LogP contribution in [-0.2, 0) is 0 Å². The number of aliphatic hydroxyl groups is 2. The number of aromatic carboxylic acids is 1. The van der Waals surface area contributed by atoms with Crippen molar-refractivity contribution >= 4 is 55.2 Å². The number of hydrogen-bond acceptors (Lipinski definition) is 11. The summed E-state index contributed by atoms with van der Waals surface area (Å²) in [5, 5.41) is 33.9. The molecule has 1 amide bonds. The average Bonchev–Trinajstić information content (AvgIpc) is 3.79. The van der Waals surface area contributed by atoms with Gasteiger partial charge in [-0.3, -0.25) is 4.79 Å². The first-order valence-electron chi connectivity index (χ1n) is 16.6. The van der Waals surface area contributed by atoms with Crippen molar-refractivity contribution in [1.82, 2.24) is 25.3 Å². The molecule has 4 heterocycles. The maximum absolute atomic E-state index is 12.6. The number of thiazole rings is 2. The van der Waals surface area contributed by atoms with Crippen molar-refractivity contribution in [2.45, 2.75) is 90.5 Å². The van der Waals surface area contributed by atoms with Gasteiger partial charge in [-0.2, -0.15) is 9.97 Å². The summed E-state index contributed by atoms with van der Waals surface area (Å²) in [7, 11) is 3.10. The fourth-order valence-electron chi connectivity index (χ4n) is 8.83. The van der Waals surface area contributed by atoms with E-state index in [1.54, 1.807) is 13.2 Å². The number of aromatic nitrogens is 4. The summed E-state index contributed by atoms with van der Waals surface area (Å²) in [5.74, 6) is 0.780. The summed E-state index contributed by atoms with van der Waals surface area (Å²) in [6, 6.07) is 3.10. The molecular weight excluding hydrogens is 669 g/mol. The molecule has 6 aliphatic rings. The second-order valence-corrected chi connectivity index (χ2v) is 17.6. The number of H-pyrrole nitrogens is 2. The van der Waals surface area contributed by atoms with Gasteiger partial charge in [-0.05, 0) is 86.2 Å². The van der Waals surface area contributed by atoms with Gasteiger partial charge in [0.2, 0.25) is 0 Å². The summed E-state index contributed by atoms with van der Waals surface area (Å²) in [4.78, 5) is 37.1. The van der Waals surface area contributed by atoms with Crippen molar-refractivity contribution in [3.8, 4) is 10.4 Å². The molecule has 4 bridgehead atoms. The molecule has 4 aromatic heterocycles. The Morgan fingerprint density at radius 2 is 1.29 bits per heavy atom. The van der Waals surface area contributed by atoms with Gasteiger partial charge in [-0.1, -0.05) is 50.4 Å². The van der Waals surface area contributed by atoms with Gasteiger partial charge in [-0.25, -0.2) is 4.79 Å². The lowest BCUT2D eigenvalue weighted by molar-refractivity contribution is -0.207. The Balaban J connectivity index is 0.000000140. The average molecular weight is 717 g/mol. The number of carbonyl (C=O) groups excluding carboxylic acids is 1. The number of carboxylic acids is 1. The van der Waals surface area contributed by atoms with Crippen LogP contribution in [0.15, 0.2) is 12.1 Å². The molecule has 0 aromatic carbocycles. The summed E-state index contributed by atoms with van der Waals surface area (Å²) in [6.07, 6.45) is 4.04. The number of nitrogens with two attached hydrogens (primary N) is 1. The van der Waals surface area contributed by atoms with Crippen LogP contribution in [0.4, 0.5) is 0 Å². The number of hydrogen-bond donors (Lipinski definition) is 7. The highest BCUT2D eigenvalue weighted by molar-refractivity contribution is 7.20. The van der Waals surface area contributed by atoms with Crippen LogP contribution in [0, 0.1) is 34.5 Å². The largest absolute Gasteiger partial charge is 0.477 e. The molecule has 49 heavy (non-hydrogen) atoms. The third-order valence-electron chi connectivity index (χ3n) is 12.3. The van der Waals surface area contributed by atoms with Gasteiger partial charge in [0.15, 0.2) is 11.3 Å². The molecule has 6 saturated carbocycles. The smallest absolute Gasteiger partial charge is 0.352 e. The summed E-state index contributed by atoms with van der Waals surface area (Å²) >= 11 is 2.70. The highest BCUT2D eigenvalue weighted by Crippen LogP contribution is 2.63. The van der Waals surface area contributed by atoms with Crippen molar-refractivity contribution in [3.05, 3.63) is 23.5 Å². The predicted molar refractivity (Wildman–Crippen MR) is 188 cm³/mol. The molecule has 268 valence electrons. The van der Waals surface area contributed by atoms with E-state index in [0.717, 1.165) is 34.6 Å². The molecule has 0 aliphatic heterocycles. The number of carboxylic acid groups (broad SMARTS) is 1. The number of carbonyl (C=O) groups is 2. The summed E-state index contributed by atoms with van der Waals surface area (Å²) in [6.45, 7) is 12.7. The first-order valence-corrected chi connectivity index (χ1v) is 18.2. The Kier molecular flexibility index (Phi) is 8.87. The quantitative estimate of drug-likeness (QED) is 0.147. The van der Waals surface area contributed by atoms with E-state index < -0.39 is 17.2 Å². The third-order valence-corrected chi connectivity index (χ3v) is 14.2. The normalized spacial score (nSPS) is 33.2. The minimum Gasteiger partial charge on any atom is -0.477 e. The molecule has 6 aliphatic carbocycles. The zero-order valence-electron chi connectivity index (χ0n) is 29.2. The minimum absolute atomic E-state index is 0.00530. The molecule has 0 spiro atoms. The number of fused-ring (bicyclic) bond motifs is 6. The van der Waals surface area contributed by atoms with Crippen LogP contribution >= 0.6 is 22.7 Å². The van der Waals surface area contributed by atoms with Crippen LogP contribution < -0.4 is 20.5 Å². The first-order chi connectivity index (χ1) is 22.8. The van der Waals surface area contributed by atoms with Crippen LogP contribution in [-0.4, -0.2) is 84.6 Å². The number of aromatic amines is 2. The Morgan fingerprint density at radius 1 is 0.816 bits per heavy atom. The topological polar surface area (TPSA) is 209 Å². The standard InChI is InChI=1S/C17H23N3O3S.C10H19NO.C7H6N2O3S/c1-16(2)8-5-11(16)17(3,22)12(6-8)19-14(21)9-7-10-13(18-9)20-15(23-4)24-10;1-9(2)6-4-7(9)10(3,12)8(11)5-6;1-12-7-9-5-4(13-7)2-3(8-5)6(10)11/h7-8,11-12,18,22H,5-6H2,1-4H3,(H,19,21);6-8,12H,4-5,11H2,1-3H3;2,8H,1H3,(H,10,11)/t8-,11-,12+,17-;6-,7-,8+,10-;/m11./s1. The predicted octanol–water partition coefficient (Wildman–Crippen LogP) is 5.01. The van der Waals surface area contributed by atoms with Gasteiger partial charge in [0.05, 0.1) is 40.9 Å². The third kappa shape index (κ3) is 6.00. The Hall–Kier alpha value is -3.24. The number of ether oxygens (including phenoxy) is 2. The van der Waals surface area contributed by atoms with Crippen molar-refractivity contribution < 1.29 is 34.4 Å². The van der Waals surface area contributed by atoms with E-state index in [9.17, 15) is 19.8 Å². The molecule has 6 fully saturated rings. The van der Waals surface area contributed by atoms with Gasteiger partial charge in [0.25, 0.3) is 16.3 Å². The van der Waals surface area contributed by atoms with E-state index in [0.29, 0.717) is 44.6 Å². The van der Waals surface area contributed by atoms with Crippen molar-refractivity contribution in [1.29, 1.82) is 0 Å². The maximum atomic E-state index is 12.6. The second-order valence-electron chi connectivity index (χ2n) is 15.6. The number of nitrogens with zero attached hydrogens (tertiary/aromatic N) is 2. The van der Waals surface area contributed by atoms with Gasteiger partial charge >= 0.3 is 5.97 Å². The SMILES string of the molecule is CC1(C)[C@@H]2C[C@H]1[C@@](C)(O)[C@@H](N)C2.COc1nc2[nH]c(C(=O)N[C@H]3C[C@H]4C[C@H](C4(C)C)[C@@]3(C)O)cc2s1.COc1nc2[nH]c(C(=O)O)cc2s1. The van der Waals surface area contributed by atoms with Gasteiger partial charge in [0, 0.05) is 6.04 Å². The van der Waals surface area contributed by atoms with Gasteiger partial charge < -0.3 is 45.8 Å². The molecule has 0 unspecified atom stereocenters.